The van der Waals surface area contributed by atoms with E-state index in [4.69, 9.17) is 0 Å². The monoisotopic (exact) mass is 424 g/mol. The Morgan fingerprint density at radius 1 is 1.08 bits per heavy atom. The Bertz CT molecular complexity index is 842. The van der Waals surface area contributed by atoms with Crippen molar-refractivity contribution in [3.8, 4) is 10.6 Å². The maximum atomic E-state index is 11.0. The number of anilines is 3. The van der Waals surface area contributed by atoms with Crippen molar-refractivity contribution in [3.05, 3.63) is 40.3 Å². The van der Waals surface area contributed by atoms with E-state index in [-0.39, 0.29) is 22.9 Å². The van der Waals surface area contributed by atoms with Crippen LogP contribution in [0.5, 0.6) is 0 Å². The third-order valence-corrected chi connectivity index (χ3v) is 4.95. The Labute approximate surface area is 158 Å². The van der Waals surface area contributed by atoms with Crippen molar-refractivity contribution >= 4 is 62.1 Å². The summed E-state index contributed by atoms with van der Waals surface area (Å²) in [5, 5.41) is 9.94. The van der Waals surface area contributed by atoms with Crippen molar-refractivity contribution in [1.29, 1.82) is 0 Å². The molecule has 0 bridgehead atoms. The first-order valence-corrected chi connectivity index (χ1v) is 8.75. The van der Waals surface area contributed by atoms with Gasteiger partial charge in [0.25, 0.3) is 0 Å². The standard InChI is InChI=1S/C16H16N4OS2.BrH/c1-9-15(23-11(3)17-9)14-8-22-16(20-14)19-13-6-4-12(5-7-13)18-10(2)21;/h4-8H,1-3H3,(H,18,21)(H,19,20);1H. The number of rotatable bonds is 4. The van der Waals surface area contributed by atoms with E-state index >= 15 is 0 Å². The van der Waals surface area contributed by atoms with Crippen LogP contribution in [0.15, 0.2) is 29.6 Å². The average Bonchev–Trinajstić information content (AvgIpc) is 3.07. The van der Waals surface area contributed by atoms with Gasteiger partial charge in [-0.15, -0.1) is 39.7 Å². The van der Waals surface area contributed by atoms with Gasteiger partial charge in [0.05, 0.1) is 21.3 Å². The average molecular weight is 425 g/mol. The van der Waals surface area contributed by atoms with E-state index in [1.807, 2.05) is 43.5 Å². The molecule has 1 aromatic carbocycles. The molecule has 0 aliphatic rings. The first-order chi connectivity index (χ1) is 11.0. The molecule has 2 N–H and O–H groups in total. The molecular formula is C16H17BrN4OS2. The lowest BCUT2D eigenvalue weighted by atomic mass is 10.3. The van der Waals surface area contributed by atoms with Crippen LogP contribution >= 0.6 is 39.7 Å². The Morgan fingerprint density at radius 2 is 1.75 bits per heavy atom. The van der Waals surface area contributed by atoms with Crippen LogP contribution in [0.1, 0.15) is 17.6 Å². The van der Waals surface area contributed by atoms with Gasteiger partial charge in [0, 0.05) is 23.7 Å². The number of thiazole rings is 2. The summed E-state index contributed by atoms with van der Waals surface area (Å²) in [6.45, 7) is 5.50. The van der Waals surface area contributed by atoms with E-state index in [0.717, 1.165) is 37.8 Å². The fourth-order valence-corrected chi connectivity index (χ4v) is 3.84. The van der Waals surface area contributed by atoms with Gasteiger partial charge in [0.2, 0.25) is 5.91 Å². The largest absolute Gasteiger partial charge is 0.332 e. The molecule has 126 valence electrons. The minimum absolute atomic E-state index is 0. The van der Waals surface area contributed by atoms with E-state index in [2.05, 4.69) is 20.6 Å². The summed E-state index contributed by atoms with van der Waals surface area (Å²) >= 11 is 3.22. The lowest BCUT2D eigenvalue weighted by Gasteiger charge is -2.05. The van der Waals surface area contributed by atoms with Crippen LogP contribution in [0.25, 0.3) is 10.6 Å². The van der Waals surface area contributed by atoms with E-state index in [0.29, 0.717) is 0 Å². The predicted molar refractivity (Wildman–Crippen MR) is 107 cm³/mol. The molecule has 2 aromatic heterocycles. The number of aromatic nitrogens is 2. The molecule has 2 heterocycles. The number of hydrogen-bond donors (Lipinski definition) is 2. The Balaban J connectivity index is 0.00000208. The van der Waals surface area contributed by atoms with Gasteiger partial charge in [0.15, 0.2) is 5.13 Å². The number of aryl methyl sites for hydroxylation is 2. The van der Waals surface area contributed by atoms with Gasteiger partial charge in [-0.2, -0.15) is 0 Å². The molecule has 0 radical (unpaired) electrons. The molecule has 0 spiro atoms. The summed E-state index contributed by atoms with van der Waals surface area (Å²) in [6.07, 6.45) is 0. The summed E-state index contributed by atoms with van der Waals surface area (Å²) in [6, 6.07) is 7.53. The third kappa shape index (κ3) is 4.40. The highest BCUT2D eigenvalue weighted by Gasteiger charge is 2.11. The highest BCUT2D eigenvalue weighted by atomic mass is 79.9. The lowest BCUT2D eigenvalue weighted by Crippen LogP contribution is -2.05. The SMILES string of the molecule is Br.CC(=O)Nc1ccc(Nc2nc(-c3sc(C)nc3C)cs2)cc1. The minimum Gasteiger partial charge on any atom is -0.332 e. The van der Waals surface area contributed by atoms with Crippen LogP contribution in [0.4, 0.5) is 16.5 Å². The lowest BCUT2D eigenvalue weighted by molar-refractivity contribution is -0.114. The number of nitrogens with one attached hydrogen (secondary N) is 2. The van der Waals surface area contributed by atoms with Crippen LogP contribution in [-0.2, 0) is 4.79 Å². The van der Waals surface area contributed by atoms with Crippen LogP contribution in [0.2, 0.25) is 0 Å². The first-order valence-electron chi connectivity index (χ1n) is 7.06. The van der Waals surface area contributed by atoms with E-state index in [1.165, 1.54) is 6.92 Å². The summed E-state index contributed by atoms with van der Waals surface area (Å²) in [5.74, 6) is -0.0782. The van der Waals surface area contributed by atoms with Crippen molar-refractivity contribution in [2.24, 2.45) is 0 Å². The topological polar surface area (TPSA) is 66.9 Å². The number of halogens is 1. The normalized spacial score (nSPS) is 10.1. The number of carbonyl (C=O) groups is 1. The minimum atomic E-state index is -0.0782. The molecule has 0 saturated heterocycles. The van der Waals surface area contributed by atoms with Crippen LogP contribution < -0.4 is 10.6 Å². The number of nitrogens with zero attached hydrogens (tertiary/aromatic N) is 2. The van der Waals surface area contributed by atoms with E-state index < -0.39 is 0 Å². The molecular weight excluding hydrogens is 408 g/mol. The maximum absolute atomic E-state index is 11.0. The molecule has 0 aliphatic carbocycles. The second-order valence-electron chi connectivity index (χ2n) is 5.07. The zero-order chi connectivity index (χ0) is 16.4. The van der Waals surface area contributed by atoms with Crippen molar-refractivity contribution in [3.63, 3.8) is 0 Å². The second-order valence-corrected chi connectivity index (χ2v) is 7.13. The maximum Gasteiger partial charge on any atom is 0.221 e. The van der Waals surface area contributed by atoms with Gasteiger partial charge in [-0.3, -0.25) is 4.79 Å². The molecule has 0 aliphatic heterocycles. The molecule has 1 amide bonds. The molecule has 0 unspecified atom stereocenters. The van der Waals surface area contributed by atoms with Gasteiger partial charge in [0.1, 0.15) is 0 Å². The molecule has 3 aromatic rings. The quantitative estimate of drug-likeness (QED) is 0.606. The van der Waals surface area contributed by atoms with Gasteiger partial charge >= 0.3 is 0 Å². The molecule has 5 nitrogen and oxygen atoms in total. The Morgan fingerprint density at radius 3 is 2.33 bits per heavy atom. The van der Waals surface area contributed by atoms with Crippen molar-refractivity contribution in [2.45, 2.75) is 20.8 Å². The zero-order valence-corrected chi connectivity index (χ0v) is 16.8. The van der Waals surface area contributed by atoms with Gasteiger partial charge in [-0.25, -0.2) is 9.97 Å². The number of amides is 1. The van der Waals surface area contributed by atoms with Crippen molar-refractivity contribution in [2.75, 3.05) is 10.6 Å². The predicted octanol–water partition coefficient (Wildman–Crippen LogP) is 5.16. The van der Waals surface area contributed by atoms with Gasteiger partial charge < -0.3 is 10.6 Å². The van der Waals surface area contributed by atoms with E-state index in [1.54, 1.807) is 22.7 Å². The van der Waals surface area contributed by atoms with Crippen molar-refractivity contribution < 1.29 is 4.79 Å². The molecule has 0 saturated carbocycles. The van der Waals surface area contributed by atoms with Crippen molar-refractivity contribution in [1.82, 2.24) is 9.97 Å². The number of hydrogen-bond acceptors (Lipinski definition) is 6. The molecule has 0 atom stereocenters. The highest BCUT2D eigenvalue weighted by Crippen LogP contribution is 2.33. The van der Waals surface area contributed by atoms with Gasteiger partial charge in [-0.1, -0.05) is 0 Å². The molecule has 8 heteroatoms. The summed E-state index contributed by atoms with van der Waals surface area (Å²) < 4.78 is 0. The smallest absolute Gasteiger partial charge is 0.221 e. The third-order valence-electron chi connectivity index (χ3n) is 3.10. The van der Waals surface area contributed by atoms with Crippen LogP contribution in [0.3, 0.4) is 0 Å². The Hall–Kier alpha value is -1.77. The van der Waals surface area contributed by atoms with Crippen LogP contribution in [-0.4, -0.2) is 15.9 Å². The second kappa shape index (κ2) is 7.87. The molecule has 3 rings (SSSR count). The fraction of sp³-hybridized carbons (Fsp3) is 0.188. The van der Waals surface area contributed by atoms with Crippen LogP contribution in [0, 0.1) is 13.8 Å². The summed E-state index contributed by atoms with van der Waals surface area (Å²) in [4.78, 5) is 21.2. The first kappa shape index (κ1) is 18.6. The molecule has 0 fully saturated rings. The van der Waals surface area contributed by atoms with E-state index in [9.17, 15) is 4.79 Å². The summed E-state index contributed by atoms with van der Waals surface area (Å²) in [7, 11) is 0. The number of benzene rings is 1. The molecule has 24 heavy (non-hydrogen) atoms. The fourth-order valence-electron chi connectivity index (χ4n) is 2.17. The number of carbonyl (C=O) groups excluding carboxylic acids is 1. The summed E-state index contributed by atoms with van der Waals surface area (Å²) in [5.41, 5.74) is 3.68. The Kier molecular flexibility index (Phi) is 6.09. The highest BCUT2D eigenvalue weighted by molar-refractivity contribution is 8.93. The van der Waals surface area contributed by atoms with Gasteiger partial charge in [-0.05, 0) is 38.1 Å². The zero-order valence-electron chi connectivity index (χ0n) is 13.4.